The molecule has 2 saturated heterocycles. The van der Waals surface area contributed by atoms with Crippen molar-refractivity contribution < 1.29 is 9.69 Å². The molecular formula is C21H33N4OS+. The second-order valence-corrected chi connectivity index (χ2v) is 8.84. The van der Waals surface area contributed by atoms with E-state index in [1.165, 1.54) is 16.9 Å². The van der Waals surface area contributed by atoms with Crippen LogP contribution in [0, 0.1) is 18.8 Å². The van der Waals surface area contributed by atoms with Gasteiger partial charge in [-0.15, -0.1) is 0 Å². The lowest BCUT2D eigenvalue weighted by Gasteiger charge is -2.37. The minimum Gasteiger partial charge on any atom is -0.338 e. The number of quaternary nitrogens is 1. The van der Waals surface area contributed by atoms with Gasteiger partial charge in [0.25, 0.3) is 5.91 Å². The van der Waals surface area contributed by atoms with Crippen LogP contribution >= 0.6 is 12.2 Å². The van der Waals surface area contributed by atoms with E-state index in [4.69, 9.17) is 12.2 Å². The maximum absolute atomic E-state index is 12.7. The quantitative estimate of drug-likeness (QED) is 0.767. The molecule has 5 nitrogen and oxygen atoms in total. The van der Waals surface area contributed by atoms with Gasteiger partial charge in [0, 0.05) is 18.8 Å². The van der Waals surface area contributed by atoms with Crippen molar-refractivity contribution in [3.05, 3.63) is 29.8 Å². The predicted octanol–water partition coefficient (Wildman–Crippen LogP) is 1.40. The molecule has 0 radical (unpaired) electrons. The molecular weight excluding hydrogens is 356 g/mol. The highest BCUT2D eigenvalue weighted by Gasteiger charge is 2.29. The number of hydrogen-bond donors (Lipinski definition) is 2. The zero-order chi connectivity index (χ0) is 19.4. The number of anilines is 1. The molecule has 27 heavy (non-hydrogen) atoms. The Morgan fingerprint density at radius 1 is 1.19 bits per heavy atom. The zero-order valence-electron chi connectivity index (χ0n) is 16.8. The Hall–Kier alpha value is -1.66. The fourth-order valence-corrected chi connectivity index (χ4v) is 4.62. The molecule has 1 aromatic carbocycles. The monoisotopic (exact) mass is 389 g/mol. The highest BCUT2D eigenvalue weighted by atomic mass is 32.1. The lowest BCUT2D eigenvalue weighted by molar-refractivity contribution is -0.896. The van der Waals surface area contributed by atoms with Crippen LogP contribution < -0.4 is 10.2 Å². The Bertz CT molecular complexity index is 662. The average Bonchev–Trinajstić information content (AvgIpc) is 2.61. The minimum absolute atomic E-state index is 0.317. The molecule has 0 saturated carbocycles. The van der Waals surface area contributed by atoms with Gasteiger partial charge in [-0.25, -0.2) is 0 Å². The van der Waals surface area contributed by atoms with E-state index in [9.17, 15) is 4.79 Å². The van der Waals surface area contributed by atoms with Crippen LogP contribution in [0.4, 0.5) is 5.69 Å². The smallest absolute Gasteiger partial charge is 0.277 e. The summed E-state index contributed by atoms with van der Waals surface area (Å²) in [5, 5.41) is 4.12. The van der Waals surface area contributed by atoms with Crippen LogP contribution in [-0.2, 0) is 4.79 Å². The van der Waals surface area contributed by atoms with E-state index in [2.05, 4.69) is 48.0 Å². The third-order valence-corrected chi connectivity index (χ3v) is 6.01. The molecule has 6 heteroatoms. The summed E-state index contributed by atoms with van der Waals surface area (Å²) in [5.74, 6) is 1.56. The van der Waals surface area contributed by atoms with E-state index in [1.807, 2.05) is 12.1 Å². The maximum atomic E-state index is 12.7. The van der Waals surface area contributed by atoms with Gasteiger partial charge in [-0.3, -0.25) is 4.79 Å². The third kappa shape index (κ3) is 5.66. The first-order chi connectivity index (χ1) is 12.9. The molecule has 1 amide bonds. The van der Waals surface area contributed by atoms with Crippen LogP contribution in [0.3, 0.4) is 0 Å². The number of piperazine rings is 1. The predicted molar refractivity (Wildman–Crippen MR) is 114 cm³/mol. The molecule has 0 bridgehead atoms. The largest absolute Gasteiger partial charge is 0.338 e. The van der Waals surface area contributed by atoms with E-state index in [-0.39, 0.29) is 0 Å². The second-order valence-electron chi connectivity index (χ2n) is 8.46. The summed E-state index contributed by atoms with van der Waals surface area (Å²) in [5.41, 5.74) is 2.26. The molecule has 3 rings (SSSR count). The van der Waals surface area contributed by atoms with Gasteiger partial charge in [0.1, 0.15) is 0 Å². The molecule has 2 heterocycles. The highest BCUT2D eigenvalue weighted by Crippen LogP contribution is 2.20. The molecule has 2 aliphatic rings. The van der Waals surface area contributed by atoms with Crippen molar-refractivity contribution in [2.45, 2.75) is 27.2 Å². The van der Waals surface area contributed by atoms with E-state index in [0.29, 0.717) is 24.3 Å². The number of aryl methyl sites for hydroxylation is 1. The van der Waals surface area contributed by atoms with Crippen LogP contribution in [0.5, 0.6) is 0 Å². The van der Waals surface area contributed by atoms with Crippen LogP contribution in [0.2, 0.25) is 0 Å². The summed E-state index contributed by atoms with van der Waals surface area (Å²) in [6.07, 6.45) is 1.24. The van der Waals surface area contributed by atoms with E-state index < -0.39 is 0 Å². The molecule has 2 aliphatic heterocycles. The number of thiocarbonyl (C=S) groups is 1. The number of piperidine rings is 1. The fraction of sp³-hybridized carbons (Fsp3) is 0.619. The second kappa shape index (κ2) is 9.02. The number of carbonyl (C=O) groups is 1. The van der Waals surface area contributed by atoms with Crippen molar-refractivity contribution in [3.63, 3.8) is 0 Å². The Morgan fingerprint density at radius 2 is 1.85 bits per heavy atom. The number of benzene rings is 1. The molecule has 0 spiro atoms. The molecule has 2 atom stereocenters. The van der Waals surface area contributed by atoms with Gasteiger partial charge in [-0.05, 0) is 55.1 Å². The van der Waals surface area contributed by atoms with Crippen LogP contribution in [0.15, 0.2) is 24.3 Å². The lowest BCUT2D eigenvalue weighted by atomic mass is 9.92. The van der Waals surface area contributed by atoms with Gasteiger partial charge in [0.2, 0.25) is 0 Å². The van der Waals surface area contributed by atoms with Crippen LogP contribution in [0.1, 0.15) is 25.8 Å². The normalized spacial score (nSPS) is 24.0. The first-order valence-electron chi connectivity index (χ1n) is 10.1. The SMILES string of the molecule is Cc1cccc(NC(=S)N2CC[NH+](CC(=O)N3C[C@H](C)C[C@@H](C)C3)CC2)c1. The topological polar surface area (TPSA) is 40.0 Å². The third-order valence-electron chi connectivity index (χ3n) is 5.65. The number of rotatable bonds is 3. The van der Waals surface area contributed by atoms with Gasteiger partial charge >= 0.3 is 0 Å². The summed E-state index contributed by atoms with van der Waals surface area (Å²) < 4.78 is 0. The number of carbonyl (C=O) groups excluding carboxylic acids is 1. The molecule has 1 aromatic rings. The number of nitrogens with zero attached hydrogens (tertiary/aromatic N) is 2. The Kier molecular flexibility index (Phi) is 6.71. The number of nitrogens with one attached hydrogen (secondary N) is 2. The van der Waals surface area contributed by atoms with E-state index in [0.717, 1.165) is 50.1 Å². The van der Waals surface area contributed by atoms with Gasteiger partial charge < -0.3 is 20.0 Å². The molecule has 0 aromatic heterocycles. The van der Waals surface area contributed by atoms with Gasteiger partial charge in [0.05, 0.1) is 26.2 Å². The number of likely N-dealkylation sites (tertiary alicyclic amines) is 1. The van der Waals surface area contributed by atoms with Crippen LogP contribution in [-0.4, -0.2) is 66.6 Å². The summed E-state index contributed by atoms with van der Waals surface area (Å²) in [7, 11) is 0. The standard InChI is InChI=1S/C21H32N4OS/c1-16-5-4-6-19(12-16)22-21(27)24-9-7-23(8-10-24)15-20(26)25-13-17(2)11-18(3)14-25/h4-6,12,17-18H,7-11,13-15H2,1-3H3,(H,22,27)/p+1/t17-,18-/m1/s1. The summed E-state index contributed by atoms with van der Waals surface area (Å²) in [4.78, 5) is 18.4. The minimum atomic E-state index is 0.317. The van der Waals surface area contributed by atoms with Crippen molar-refractivity contribution in [2.24, 2.45) is 11.8 Å². The fourth-order valence-electron chi connectivity index (χ4n) is 4.32. The average molecular weight is 390 g/mol. The van der Waals surface area contributed by atoms with Crippen LogP contribution in [0.25, 0.3) is 0 Å². The number of amides is 1. The van der Waals surface area contributed by atoms with E-state index >= 15 is 0 Å². The highest BCUT2D eigenvalue weighted by molar-refractivity contribution is 7.80. The van der Waals surface area contributed by atoms with Crippen molar-refractivity contribution in [1.82, 2.24) is 9.80 Å². The van der Waals surface area contributed by atoms with Crippen molar-refractivity contribution in [1.29, 1.82) is 0 Å². The first kappa shape index (κ1) is 20.1. The molecule has 2 N–H and O–H groups in total. The molecule has 148 valence electrons. The van der Waals surface area contributed by atoms with Crippen molar-refractivity contribution >= 4 is 28.9 Å². The van der Waals surface area contributed by atoms with E-state index in [1.54, 1.807) is 0 Å². The summed E-state index contributed by atoms with van der Waals surface area (Å²) >= 11 is 5.58. The van der Waals surface area contributed by atoms with Crippen molar-refractivity contribution in [2.75, 3.05) is 51.1 Å². The molecule has 2 fully saturated rings. The first-order valence-corrected chi connectivity index (χ1v) is 10.6. The lowest BCUT2D eigenvalue weighted by Crippen LogP contribution is -3.15. The van der Waals surface area contributed by atoms with Gasteiger partial charge in [0.15, 0.2) is 11.7 Å². The Labute approximate surface area is 168 Å². The zero-order valence-corrected chi connectivity index (χ0v) is 17.6. The molecule has 0 unspecified atom stereocenters. The maximum Gasteiger partial charge on any atom is 0.277 e. The summed E-state index contributed by atoms with van der Waals surface area (Å²) in [6.45, 7) is 12.8. The number of hydrogen-bond acceptors (Lipinski definition) is 2. The molecule has 0 aliphatic carbocycles. The summed E-state index contributed by atoms with van der Waals surface area (Å²) in [6, 6.07) is 8.26. The van der Waals surface area contributed by atoms with Crippen molar-refractivity contribution in [3.8, 4) is 0 Å². The Balaban J connectivity index is 1.44. The van der Waals surface area contributed by atoms with Gasteiger partial charge in [-0.2, -0.15) is 0 Å². The Morgan fingerprint density at radius 3 is 2.48 bits per heavy atom. The van der Waals surface area contributed by atoms with Gasteiger partial charge in [-0.1, -0.05) is 26.0 Å².